The SMILES string of the molecule is C[C@H](O)[C@@H]1[C@H](CO)ON(CC2CCCC(C#C[C@@H](O)C3CCCCC3)C2)[C@@H]1C(=O)N[C@H]1C[C@H]2CC([C@@H]1C)C2(C)C. The highest BCUT2D eigenvalue weighted by atomic mass is 16.7. The Bertz CT molecular complexity index is 937. The summed E-state index contributed by atoms with van der Waals surface area (Å²) in [5, 5.41) is 36.6. The number of amides is 1. The molecule has 40 heavy (non-hydrogen) atoms. The maximum absolute atomic E-state index is 13.9. The van der Waals surface area contributed by atoms with Gasteiger partial charge in [0.1, 0.15) is 18.2 Å². The predicted octanol–water partition coefficient (Wildman–Crippen LogP) is 3.90. The molecule has 226 valence electrons. The molecular formula is C33H54N2O5. The van der Waals surface area contributed by atoms with Gasteiger partial charge in [-0.2, -0.15) is 5.06 Å². The molecule has 6 rings (SSSR count). The van der Waals surface area contributed by atoms with Gasteiger partial charge < -0.3 is 20.6 Å². The minimum atomic E-state index is -0.778. The van der Waals surface area contributed by atoms with Crippen LogP contribution in [0.15, 0.2) is 0 Å². The van der Waals surface area contributed by atoms with Crippen LogP contribution in [0.3, 0.4) is 0 Å². The van der Waals surface area contributed by atoms with Gasteiger partial charge in [-0.15, -0.1) is 0 Å². The zero-order valence-corrected chi connectivity index (χ0v) is 25.2. The lowest BCUT2D eigenvalue weighted by Crippen LogP contribution is -2.62. The molecule has 7 nitrogen and oxygen atoms in total. The van der Waals surface area contributed by atoms with Crippen LogP contribution in [0.2, 0.25) is 0 Å². The van der Waals surface area contributed by atoms with Gasteiger partial charge in [-0.1, -0.05) is 58.3 Å². The number of carbonyl (C=O) groups excluding carboxylic acids is 1. The standard InChI is InChI=1S/C33H54N2O5/c1-20-26-16-25(33(26,3)4)17-27(20)34-32(39)31-30(21(2)37)29(19-36)40-35(31)18-23-10-8-9-22(15-23)13-14-28(38)24-11-6-5-7-12-24/h20-31,36-38H,5-12,15-19H2,1-4H3,(H,34,39)/t20-,21-,22?,23?,25+,26?,27-,28+,29-,30+,31-/m0/s1. The molecular weight excluding hydrogens is 504 g/mol. The first-order valence-corrected chi connectivity index (χ1v) is 16.3. The maximum atomic E-state index is 13.9. The summed E-state index contributed by atoms with van der Waals surface area (Å²) in [6.45, 7) is 9.05. The second-order valence-electron chi connectivity index (χ2n) is 14.6. The van der Waals surface area contributed by atoms with Crippen LogP contribution in [0.5, 0.6) is 0 Å². The van der Waals surface area contributed by atoms with Crippen molar-refractivity contribution in [2.45, 2.75) is 129 Å². The monoisotopic (exact) mass is 558 g/mol. The molecule has 1 saturated heterocycles. The first-order valence-electron chi connectivity index (χ1n) is 16.3. The van der Waals surface area contributed by atoms with Gasteiger partial charge >= 0.3 is 0 Å². The van der Waals surface area contributed by atoms with E-state index < -0.39 is 30.3 Å². The Morgan fingerprint density at radius 1 is 1.07 bits per heavy atom. The topological polar surface area (TPSA) is 102 Å². The summed E-state index contributed by atoms with van der Waals surface area (Å²) in [5.74, 6) is 8.59. The van der Waals surface area contributed by atoms with Crippen LogP contribution in [0.25, 0.3) is 0 Å². The van der Waals surface area contributed by atoms with E-state index in [2.05, 4.69) is 37.9 Å². The number of hydroxylamine groups is 2. The molecule has 4 N–H and O–H groups in total. The van der Waals surface area contributed by atoms with Crippen LogP contribution >= 0.6 is 0 Å². The highest BCUT2D eigenvalue weighted by Gasteiger charge is 2.57. The Hall–Kier alpha value is -1.17. The molecule has 3 unspecified atom stereocenters. The van der Waals surface area contributed by atoms with Gasteiger partial charge in [0.05, 0.1) is 12.7 Å². The van der Waals surface area contributed by atoms with Crippen molar-refractivity contribution in [1.82, 2.24) is 10.4 Å². The van der Waals surface area contributed by atoms with Crippen molar-refractivity contribution in [3.8, 4) is 11.8 Å². The molecule has 7 heteroatoms. The lowest BCUT2D eigenvalue weighted by atomic mass is 9.45. The van der Waals surface area contributed by atoms with Crippen molar-refractivity contribution >= 4 is 5.91 Å². The Balaban J connectivity index is 1.23. The molecule has 0 spiro atoms. The summed E-state index contributed by atoms with van der Waals surface area (Å²) in [4.78, 5) is 20.1. The fourth-order valence-corrected chi connectivity index (χ4v) is 9.12. The van der Waals surface area contributed by atoms with Crippen molar-refractivity contribution in [3.63, 3.8) is 0 Å². The van der Waals surface area contributed by atoms with Crippen LogP contribution in [0.4, 0.5) is 0 Å². The fourth-order valence-electron chi connectivity index (χ4n) is 9.12. The van der Waals surface area contributed by atoms with Crippen LogP contribution < -0.4 is 5.32 Å². The van der Waals surface area contributed by atoms with Crippen molar-refractivity contribution in [1.29, 1.82) is 0 Å². The third kappa shape index (κ3) is 6.13. The number of rotatable bonds is 7. The van der Waals surface area contributed by atoms with E-state index in [1.54, 1.807) is 12.0 Å². The first kappa shape index (κ1) is 30.3. The van der Waals surface area contributed by atoms with Gasteiger partial charge in [0.15, 0.2) is 0 Å². The number of hydrogen-bond donors (Lipinski definition) is 4. The number of nitrogens with one attached hydrogen (secondary N) is 1. The molecule has 6 aliphatic rings. The minimum Gasteiger partial charge on any atom is -0.394 e. The van der Waals surface area contributed by atoms with Gasteiger partial charge in [-0.25, -0.2) is 0 Å². The molecule has 2 bridgehead atoms. The molecule has 0 radical (unpaired) electrons. The molecule has 0 aromatic carbocycles. The Morgan fingerprint density at radius 3 is 2.48 bits per heavy atom. The third-order valence-corrected chi connectivity index (χ3v) is 11.8. The lowest BCUT2D eigenvalue weighted by molar-refractivity contribution is -0.184. The van der Waals surface area contributed by atoms with Crippen LogP contribution in [-0.4, -0.2) is 69.8 Å². The Labute approximate surface area is 241 Å². The molecule has 1 aliphatic heterocycles. The molecule has 1 heterocycles. The summed E-state index contributed by atoms with van der Waals surface area (Å²) in [6, 6.07) is -0.492. The molecule has 1 amide bonds. The Morgan fingerprint density at radius 2 is 1.82 bits per heavy atom. The zero-order valence-electron chi connectivity index (χ0n) is 25.2. The second kappa shape index (κ2) is 12.6. The van der Waals surface area contributed by atoms with Gasteiger partial charge in [0.25, 0.3) is 0 Å². The van der Waals surface area contributed by atoms with Crippen molar-refractivity contribution < 1.29 is 25.0 Å². The molecule has 0 aromatic rings. The van der Waals surface area contributed by atoms with Gasteiger partial charge in [-0.05, 0) is 86.9 Å². The third-order valence-electron chi connectivity index (χ3n) is 11.8. The van der Waals surface area contributed by atoms with Crippen molar-refractivity contribution in [3.05, 3.63) is 0 Å². The highest BCUT2D eigenvalue weighted by Crippen LogP contribution is 2.61. The number of fused-ring (bicyclic) bond motifs is 2. The van der Waals surface area contributed by atoms with Gasteiger partial charge in [0.2, 0.25) is 5.91 Å². The smallest absolute Gasteiger partial charge is 0.240 e. The predicted molar refractivity (Wildman–Crippen MR) is 155 cm³/mol. The van der Waals surface area contributed by atoms with Crippen LogP contribution in [0.1, 0.15) is 98.3 Å². The van der Waals surface area contributed by atoms with Crippen LogP contribution in [-0.2, 0) is 9.63 Å². The zero-order chi connectivity index (χ0) is 28.6. The lowest BCUT2D eigenvalue weighted by Gasteiger charge is -2.62. The van der Waals surface area contributed by atoms with E-state index in [9.17, 15) is 20.1 Å². The summed E-state index contributed by atoms with van der Waals surface area (Å²) in [5.41, 5.74) is 0.347. The maximum Gasteiger partial charge on any atom is 0.240 e. The highest BCUT2D eigenvalue weighted by molar-refractivity contribution is 5.82. The molecule has 0 aromatic heterocycles. The molecule has 5 aliphatic carbocycles. The van der Waals surface area contributed by atoms with E-state index >= 15 is 0 Å². The van der Waals surface area contributed by atoms with E-state index in [4.69, 9.17) is 4.84 Å². The molecule has 6 fully saturated rings. The number of hydrogen-bond acceptors (Lipinski definition) is 6. The van der Waals surface area contributed by atoms with Crippen molar-refractivity contribution in [2.24, 2.45) is 46.8 Å². The van der Waals surface area contributed by atoms with Gasteiger partial charge in [0, 0.05) is 24.4 Å². The fraction of sp³-hybridized carbons (Fsp3) is 0.909. The largest absolute Gasteiger partial charge is 0.394 e. The quantitative estimate of drug-likeness (QED) is 0.354. The van der Waals surface area contributed by atoms with E-state index in [0.29, 0.717) is 41.5 Å². The molecule has 5 saturated carbocycles. The van der Waals surface area contributed by atoms with Crippen molar-refractivity contribution in [2.75, 3.05) is 13.2 Å². The summed E-state index contributed by atoms with van der Waals surface area (Å²) in [6.07, 6.45) is 10.2. The average molecular weight is 559 g/mol. The number of aliphatic hydroxyl groups excluding tert-OH is 3. The number of carbonyl (C=O) groups is 1. The second-order valence-corrected chi connectivity index (χ2v) is 14.6. The van der Waals surface area contributed by atoms with E-state index in [0.717, 1.165) is 44.9 Å². The number of nitrogens with zero attached hydrogens (tertiary/aromatic N) is 1. The van der Waals surface area contributed by atoms with E-state index in [-0.39, 0.29) is 24.5 Å². The molecule has 11 atom stereocenters. The summed E-state index contributed by atoms with van der Waals surface area (Å²) in [7, 11) is 0. The summed E-state index contributed by atoms with van der Waals surface area (Å²) < 4.78 is 0. The average Bonchev–Trinajstić information content (AvgIpc) is 3.31. The minimum absolute atomic E-state index is 0.0828. The van der Waals surface area contributed by atoms with E-state index in [1.807, 2.05) is 0 Å². The summed E-state index contributed by atoms with van der Waals surface area (Å²) >= 11 is 0. The van der Waals surface area contributed by atoms with Crippen LogP contribution in [0, 0.1) is 58.7 Å². The normalized spacial score (nSPS) is 41.3. The van der Waals surface area contributed by atoms with E-state index in [1.165, 1.54) is 25.7 Å². The number of aliphatic hydroxyl groups is 3. The van der Waals surface area contributed by atoms with Gasteiger partial charge in [-0.3, -0.25) is 9.63 Å². The first-order chi connectivity index (χ1) is 19.1. The Kier molecular flexibility index (Phi) is 9.54.